The van der Waals surface area contributed by atoms with E-state index in [0.717, 1.165) is 31.7 Å². The number of amides is 1. The van der Waals surface area contributed by atoms with Crippen molar-refractivity contribution in [1.82, 2.24) is 9.88 Å². The summed E-state index contributed by atoms with van der Waals surface area (Å²) in [7, 11) is 0. The van der Waals surface area contributed by atoms with Crippen LogP contribution in [0.4, 0.5) is 5.69 Å². The standard InChI is InChI=1S/C17H17Cl2N3O/c18-14-4-1-3-13(11-14)17(23)22-8-2-7-21(9-10-22)15-5-6-20-16(19)12-15/h1,3-6,11-12H,2,7-10H2. The summed E-state index contributed by atoms with van der Waals surface area (Å²) in [5.74, 6) is 0.0297. The van der Waals surface area contributed by atoms with E-state index in [4.69, 9.17) is 23.2 Å². The molecule has 1 saturated heterocycles. The van der Waals surface area contributed by atoms with E-state index in [1.165, 1.54) is 0 Å². The average Bonchev–Trinajstić information content (AvgIpc) is 2.80. The Morgan fingerprint density at radius 3 is 2.70 bits per heavy atom. The molecule has 120 valence electrons. The number of benzene rings is 1. The van der Waals surface area contributed by atoms with Gasteiger partial charge in [0.05, 0.1) is 0 Å². The molecule has 1 aromatic heterocycles. The number of anilines is 1. The van der Waals surface area contributed by atoms with Gasteiger partial charge in [-0.3, -0.25) is 4.79 Å². The summed E-state index contributed by atoms with van der Waals surface area (Å²) in [5, 5.41) is 1.07. The second-order valence-electron chi connectivity index (χ2n) is 5.48. The molecular formula is C17H17Cl2N3O. The zero-order chi connectivity index (χ0) is 16.2. The van der Waals surface area contributed by atoms with Gasteiger partial charge in [-0.2, -0.15) is 0 Å². The van der Waals surface area contributed by atoms with Crippen molar-refractivity contribution < 1.29 is 4.79 Å². The number of hydrogen-bond donors (Lipinski definition) is 0. The van der Waals surface area contributed by atoms with Gasteiger partial charge >= 0.3 is 0 Å². The van der Waals surface area contributed by atoms with Gasteiger partial charge < -0.3 is 9.80 Å². The Morgan fingerprint density at radius 2 is 1.91 bits per heavy atom. The minimum Gasteiger partial charge on any atom is -0.370 e. The SMILES string of the molecule is O=C(c1cccc(Cl)c1)N1CCCN(c2ccnc(Cl)c2)CC1. The van der Waals surface area contributed by atoms with Crippen LogP contribution in [0.25, 0.3) is 0 Å². The van der Waals surface area contributed by atoms with Gasteiger partial charge in [-0.25, -0.2) is 4.98 Å². The van der Waals surface area contributed by atoms with Gasteiger partial charge in [0.2, 0.25) is 0 Å². The number of halogens is 2. The number of hydrogen-bond acceptors (Lipinski definition) is 3. The summed E-state index contributed by atoms with van der Waals surface area (Å²) in [4.78, 5) is 20.7. The highest BCUT2D eigenvalue weighted by atomic mass is 35.5. The fourth-order valence-electron chi connectivity index (χ4n) is 2.77. The summed E-state index contributed by atoms with van der Waals surface area (Å²) in [5.41, 5.74) is 1.68. The van der Waals surface area contributed by atoms with Crippen LogP contribution in [0.3, 0.4) is 0 Å². The molecule has 0 unspecified atom stereocenters. The van der Waals surface area contributed by atoms with Gasteiger partial charge in [-0.05, 0) is 36.8 Å². The molecule has 0 bridgehead atoms. The molecule has 0 radical (unpaired) electrons. The first kappa shape index (κ1) is 16.1. The van der Waals surface area contributed by atoms with Crippen molar-refractivity contribution in [3.8, 4) is 0 Å². The van der Waals surface area contributed by atoms with E-state index in [0.29, 0.717) is 22.3 Å². The normalized spacial score (nSPS) is 15.4. The summed E-state index contributed by atoms with van der Waals surface area (Å²) in [6.45, 7) is 3.07. The molecule has 1 aromatic carbocycles. The highest BCUT2D eigenvalue weighted by molar-refractivity contribution is 6.31. The topological polar surface area (TPSA) is 36.4 Å². The number of rotatable bonds is 2. The first-order chi connectivity index (χ1) is 11.1. The maximum absolute atomic E-state index is 12.6. The van der Waals surface area contributed by atoms with Crippen molar-refractivity contribution in [3.63, 3.8) is 0 Å². The molecule has 1 amide bonds. The third-order valence-electron chi connectivity index (χ3n) is 3.93. The lowest BCUT2D eigenvalue weighted by molar-refractivity contribution is 0.0767. The predicted molar refractivity (Wildman–Crippen MR) is 93.4 cm³/mol. The van der Waals surface area contributed by atoms with E-state index < -0.39 is 0 Å². The molecule has 2 heterocycles. The molecule has 4 nitrogen and oxygen atoms in total. The largest absolute Gasteiger partial charge is 0.370 e. The Morgan fingerprint density at radius 1 is 1.04 bits per heavy atom. The lowest BCUT2D eigenvalue weighted by Crippen LogP contribution is -2.35. The van der Waals surface area contributed by atoms with Crippen molar-refractivity contribution in [3.05, 3.63) is 58.3 Å². The van der Waals surface area contributed by atoms with Crippen LogP contribution in [0.5, 0.6) is 0 Å². The molecular weight excluding hydrogens is 333 g/mol. The summed E-state index contributed by atoms with van der Waals surface area (Å²) in [6, 6.07) is 10.9. The van der Waals surface area contributed by atoms with Gasteiger partial charge in [0.25, 0.3) is 5.91 Å². The number of pyridine rings is 1. The Kier molecular flexibility index (Phi) is 5.03. The Hall–Kier alpha value is -1.78. The second-order valence-corrected chi connectivity index (χ2v) is 6.30. The van der Waals surface area contributed by atoms with Crippen LogP contribution >= 0.6 is 23.2 Å². The summed E-state index contributed by atoms with van der Waals surface area (Å²) < 4.78 is 0. The smallest absolute Gasteiger partial charge is 0.253 e. The Labute approximate surface area is 145 Å². The number of carbonyl (C=O) groups is 1. The van der Waals surface area contributed by atoms with Crippen LogP contribution in [-0.2, 0) is 0 Å². The lowest BCUT2D eigenvalue weighted by atomic mass is 10.2. The molecule has 0 N–H and O–H groups in total. The van der Waals surface area contributed by atoms with Crippen molar-refractivity contribution >= 4 is 34.8 Å². The molecule has 2 aromatic rings. The van der Waals surface area contributed by atoms with Crippen LogP contribution in [0, 0.1) is 0 Å². The predicted octanol–water partition coefficient (Wildman–Crippen LogP) is 3.74. The van der Waals surface area contributed by atoms with E-state index in [1.54, 1.807) is 30.5 Å². The van der Waals surface area contributed by atoms with Gasteiger partial charge in [-0.1, -0.05) is 29.3 Å². The van der Waals surface area contributed by atoms with E-state index in [-0.39, 0.29) is 5.91 Å². The maximum atomic E-state index is 12.6. The minimum absolute atomic E-state index is 0.0297. The molecule has 0 aliphatic carbocycles. The third-order valence-corrected chi connectivity index (χ3v) is 4.37. The van der Waals surface area contributed by atoms with Crippen molar-refractivity contribution in [2.24, 2.45) is 0 Å². The number of nitrogens with zero attached hydrogens (tertiary/aromatic N) is 3. The van der Waals surface area contributed by atoms with Crippen LogP contribution < -0.4 is 4.90 Å². The average molecular weight is 350 g/mol. The molecule has 1 aliphatic heterocycles. The molecule has 1 aliphatic rings. The van der Waals surface area contributed by atoms with Gasteiger partial charge in [0.1, 0.15) is 5.15 Å². The highest BCUT2D eigenvalue weighted by Crippen LogP contribution is 2.20. The molecule has 0 saturated carbocycles. The maximum Gasteiger partial charge on any atom is 0.253 e. The monoisotopic (exact) mass is 349 g/mol. The zero-order valence-corrected chi connectivity index (χ0v) is 14.1. The van der Waals surface area contributed by atoms with Crippen LogP contribution in [0.1, 0.15) is 16.8 Å². The minimum atomic E-state index is 0.0297. The fourth-order valence-corrected chi connectivity index (χ4v) is 3.13. The lowest BCUT2D eigenvalue weighted by Gasteiger charge is -2.23. The van der Waals surface area contributed by atoms with Crippen LogP contribution in [-0.4, -0.2) is 42.0 Å². The third kappa shape index (κ3) is 3.95. The molecule has 0 spiro atoms. The Bertz CT molecular complexity index is 708. The van der Waals surface area contributed by atoms with Gasteiger partial charge in [0.15, 0.2) is 0 Å². The fraction of sp³-hybridized carbons (Fsp3) is 0.294. The molecule has 0 atom stereocenters. The van der Waals surface area contributed by atoms with Crippen molar-refractivity contribution in [2.45, 2.75) is 6.42 Å². The van der Waals surface area contributed by atoms with Gasteiger partial charge in [0, 0.05) is 48.6 Å². The summed E-state index contributed by atoms with van der Waals surface area (Å²) in [6.07, 6.45) is 2.61. The molecule has 1 fully saturated rings. The van der Waals surface area contributed by atoms with Crippen molar-refractivity contribution in [2.75, 3.05) is 31.1 Å². The Balaban J connectivity index is 1.70. The molecule has 6 heteroatoms. The highest BCUT2D eigenvalue weighted by Gasteiger charge is 2.20. The van der Waals surface area contributed by atoms with E-state index in [1.807, 2.05) is 17.0 Å². The second kappa shape index (κ2) is 7.20. The number of aromatic nitrogens is 1. The first-order valence-electron chi connectivity index (χ1n) is 7.55. The first-order valence-corrected chi connectivity index (χ1v) is 8.30. The molecule has 3 rings (SSSR count). The van der Waals surface area contributed by atoms with Crippen LogP contribution in [0.2, 0.25) is 10.2 Å². The zero-order valence-electron chi connectivity index (χ0n) is 12.6. The molecule has 23 heavy (non-hydrogen) atoms. The quantitative estimate of drug-likeness (QED) is 0.775. The van der Waals surface area contributed by atoms with Crippen molar-refractivity contribution in [1.29, 1.82) is 0 Å². The van der Waals surface area contributed by atoms with Crippen LogP contribution in [0.15, 0.2) is 42.6 Å². The van der Waals surface area contributed by atoms with E-state index >= 15 is 0 Å². The summed E-state index contributed by atoms with van der Waals surface area (Å²) >= 11 is 11.9. The number of carbonyl (C=O) groups excluding carboxylic acids is 1. The van der Waals surface area contributed by atoms with E-state index in [9.17, 15) is 4.79 Å². The van der Waals surface area contributed by atoms with E-state index in [2.05, 4.69) is 9.88 Å². The van der Waals surface area contributed by atoms with Gasteiger partial charge in [-0.15, -0.1) is 0 Å².